The third-order valence-electron chi connectivity index (χ3n) is 4.13. The van der Waals surface area contributed by atoms with Crippen LogP contribution in [0.25, 0.3) is 11.0 Å². The Hall–Kier alpha value is -3.28. The Kier molecular flexibility index (Phi) is 5.45. The summed E-state index contributed by atoms with van der Waals surface area (Å²) in [5, 5.41) is 0.361. The minimum Gasteiger partial charge on any atom is -0.479 e. The highest BCUT2D eigenvalue weighted by Crippen LogP contribution is 2.26. The van der Waals surface area contributed by atoms with Crippen LogP contribution in [-0.2, 0) is 16.0 Å². The molecule has 140 valence electrons. The molecule has 0 bridgehead atoms. The van der Waals surface area contributed by atoms with E-state index in [2.05, 4.69) is 4.74 Å². The van der Waals surface area contributed by atoms with Crippen LogP contribution in [0.3, 0.4) is 0 Å². The van der Waals surface area contributed by atoms with Crippen molar-refractivity contribution < 1.29 is 23.4 Å². The smallest absolute Gasteiger partial charge is 0.346 e. The zero-order valence-electron chi connectivity index (χ0n) is 15.4. The summed E-state index contributed by atoms with van der Waals surface area (Å²) in [6.07, 6.45) is 1.30. The Balaban J connectivity index is 1.90. The molecule has 3 rings (SSSR count). The number of methoxy groups -OCH3 is 1. The molecule has 0 aliphatic rings. The molecule has 0 saturated carbocycles. The third kappa shape index (κ3) is 3.95. The summed E-state index contributed by atoms with van der Waals surface area (Å²) in [6, 6.07) is 12.3. The van der Waals surface area contributed by atoms with Crippen molar-refractivity contribution in [2.45, 2.75) is 26.4 Å². The third-order valence-corrected chi connectivity index (χ3v) is 4.13. The Morgan fingerprint density at radius 1 is 1.15 bits per heavy atom. The summed E-state index contributed by atoms with van der Waals surface area (Å²) in [6.45, 7) is 3.59. The van der Waals surface area contributed by atoms with Gasteiger partial charge in [-0.3, -0.25) is 4.79 Å². The molecule has 0 spiro atoms. The minimum absolute atomic E-state index is 0.111. The first-order valence-corrected chi connectivity index (χ1v) is 8.59. The van der Waals surface area contributed by atoms with Gasteiger partial charge in [0, 0.05) is 6.07 Å². The van der Waals surface area contributed by atoms with Gasteiger partial charge >= 0.3 is 5.97 Å². The number of benzene rings is 2. The van der Waals surface area contributed by atoms with Gasteiger partial charge in [-0.1, -0.05) is 25.1 Å². The first-order chi connectivity index (χ1) is 13.0. The molecule has 0 fully saturated rings. The average Bonchev–Trinajstić information content (AvgIpc) is 2.69. The highest BCUT2D eigenvalue weighted by molar-refractivity contribution is 5.79. The van der Waals surface area contributed by atoms with Crippen LogP contribution in [0.15, 0.2) is 57.9 Å². The lowest BCUT2D eigenvalue weighted by atomic mass is 10.1. The quantitative estimate of drug-likeness (QED) is 0.610. The molecule has 0 radical (unpaired) electrons. The fourth-order valence-corrected chi connectivity index (χ4v) is 2.67. The van der Waals surface area contributed by atoms with Crippen LogP contribution in [0.4, 0.5) is 0 Å². The number of carbonyl (C=O) groups is 1. The molecule has 3 aromatic rings. The molecule has 0 N–H and O–H groups in total. The molecule has 0 aliphatic carbocycles. The van der Waals surface area contributed by atoms with Gasteiger partial charge < -0.3 is 18.6 Å². The molecule has 1 atom stereocenters. The van der Waals surface area contributed by atoms with Crippen molar-refractivity contribution >= 4 is 16.9 Å². The average molecular weight is 368 g/mol. The Morgan fingerprint density at radius 2 is 1.93 bits per heavy atom. The molecule has 0 aliphatic heterocycles. The summed E-state index contributed by atoms with van der Waals surface area (Å²) < 4.78 is 21.5. The van der Waals surface area contributed by atoms with Gasteiger partial charge in [0.2, 0.25) is 11.2 Å². The number of carbonyl (C=O) groups excluding carboxylic acids is 1. The molecule has 0 amide bonds. The molecule has 27 heavy (non-hydrogen) atoms. The minimum atomic E-state index is -0.771. The van der Waals surface area contributed by atoms with Crippen molar-refractivity contribution in [1.82, 2.24) is 0 Å². The largest absolute Gasteiger partial charge is 0.479 e. The van der Waals surface area contributed by atoms with E-state index in [1.807, 2.05) is 31.2 Å². The van der Waals surface area contributed by atoms with E-state index < -0.39 is 12.1 Å². The molecule has 1 aromatic heterocycles. The normalized spacial score (nSPS) is 11.8. The SMILES string of the molecule is CCc1ccccc1Oc1coc2cc(O[C@H](C)C(=O)OC)ccc2c1=O. The van der Waals surface area contributed by atoms with Gasteiger partial charge in [-0.25, -0.2) is 4.79 Å². The van der Waals surface area contributed by atoms with Gasteiger partial charge in [0.1, 0.15) is 23.3 Å². The maximum atomic E-state index is 12.7. The fraction of sp³-hybridized carbons (Fsp3) is 0.238. The molecule has 6 heteroatoms. The van der Waals surface area contributed by atoms with E-state index in [0.29, 0.717) is 22.5 Å². The van der Waals surface area contributed by atoms with E-state index in [9.17, 15) is 9.59 Å². The lowest BCUT2D eigenvalue weighted by Crippen LogP contribution is -2.24. The standard InChI is InChI=1S/C21H20O6/c1-4-14-7-5-6-8-17(14)27-19-12-25-18-11-15(9-10-16(18)20(19)22)26-13(2)21(23)24-3/h5-13H,4H2,1-3H3/t13-/m1/s1. The summed E-state index contributed by atoms with van der Waals surface area (Å²) in [5.41, 5.74) is 1.05. The lowest BCUT2D eigenvalue weighted by molar-refractivity contribution is -0.147. The number of esters is 1. The van der Waals surface area contributed by atoms with Crippen LogP contribution in [-0.4, -0.2) is 19.2 Å². The summed E-state index contributed by atoms with van der Waals surface area (Å²) in [7, 11) is 1.29. The van der Waals surface area contributed by atoms with E-state index >= 15 is 0 Å². The van der Waals surface area contributed by atoms with Crippen LogP contribution >= 0.6 is 0 Å². The van der Waals surface area contributed by atoms with Crippen LogP contribution in [0.1, 0.15) is 19.4 Å². The van der Waals surface area contributed by atoms with E-state index in [1.165, 1.54) is 13.4 Å². The highest BCUT2D eigenvalue weighted by Gasteiger charge is 2.16. The predicted molar refractivity (Wildman–Crippen MR) is 100 cm³/mol. The summed E-state index contributed by atoms with van der Waals surface area (Å²) >= 11 is 0. The number of fused-ring (bicyclic) bond motifs is 1. The topological polar surface area (TPSA) is 75.0 Å². The number of para-hydroxylation sites is 1. The number of hydrogen-bond donors (Lipinski definition) is 0. The Morgan fingerprint density at radius 3 is 2.67 bits per heavy atom. The molecule has 1 heterocycles. The fourth-order valence-electron chi connectivity index (χ4n) is 2.67. The number of aryl methyl sites for hydroxylation is 1. The molecule has 0 unspecified atom stereocenters. The van der Waals surface area contributed by atoms with Crippen LogP contribution in [0.2, 0.25) is 0 Å². The van der Waals surface area contributed by atoms with Crippen molar-refractivity contribution in [2.75, 3.05) is 7.11 Å². The lowest BCUT2D eigenvalue weighted by Gasteiger charge is -2.13. The zero-order chi connectivity index (χ0) is 19.4. The van der Waals surface area contributed by atoms with Crippen molar-refractivity contribution in [2.24, 2.45) is 0 Å². The molecule has 2 aromatic carbocycles. The van der Waals surface area contributed by atoms with Gasteiger partial charge in [-0.05, 0) is 37.1 Å². The molecule has 0 saturated heterocycles. The van der Waals surface area contributed by atoms with E-state index in [-0.39, 0.29) is 11.2 Å². The van der Waals surface area contributed by atoms with Gasteiger partial charge in [-0.2, -0.15) is 0 Å². The van der Waals surface area contributed by atoms with E-state index in [4.69, 9.17) is 13.9 Å². The second-order valence-corrected chi connectivity index (χ2v) is 5.93. The van der Waals surface area contributed by atoms with Crippen molar-refractivity contribution in [3.8, 4) is 17.2 Å². The van der Waals surface area contributed by atoms with Gasteiger partial charge in [0.25, 0.3) is 0 Å². The van der Waals surface area contributed by atoms with Crippen LogP contribution in [0.5, 0.6) is 17.2 Å². The first-order valence-electron chi connectivity index (χ1n) is 8.59. The van der Waals surface area contributed by atoms with Crippen molar-refractivity contribution in [3.05, 3.63) is 64.5 Å². The van der Waals surface area contributed by atoms with Gasteiger partial charge in [0.15, 0.2) is 6.10 Å². The summed E-state index contributed by atoms with van der Waals surface area (Å²) in [4.78, 5) is 24.2. The number of ether oxygens (including phenoxy) is 3. The van der Waals surface area contributed by atoms with Crippen LogP contribution in [0, 0.1) is 0 Å². The number of rotatable bonds is 6. The van der Waals surface area contributed by atoms with E-state index in [0.717, 1.165) is 12.0 Å². The monoisotopic (exact) mass is 368 g/mol. The molecule has 6 nitrogen and oxygen atoms in total. The number of hydrogen-bond acceptors (Lipinski definition) is 6. The zero-order valence-corrected chi connectivity index (χ0v) is 15.4. The second kappa shape index (κ2) is 7.95. The van der Waals surface area contributed by atoms with Gasteiger partial charge in [-0.15, -0.1) is 0 Å². The van der Waals surface area contributed by atoms with Crippen LogP contribution < -0.4 is 14.9 Å². The maximum Gasteiger partial charge on any atom is 0.346 e. The first kappa shape index (κ1) is 18.5. The Bertz CT molecular complexity index is 1020. The highest BCUT2D eigenvalue weighted by atomic mass is 16.6. The molecular weight excluding hydrogens is 348 g/mol. The molecular formula is C21H20O6. The maximum absolute atomic E-state index is 12.7. The second-order valence-electron chi connectivity index (χ2n) is 5.93. The van der Waals surface area contributed by atoms with E-state index in [1.54, 1.807) is 25.1 Å². The van der Waals surface area contributed by atoms with Gasteiger partial charge in [0.05, 0.1) is 12.5 Å². The van der Waals surface area contributed by atoms with Crippen molar-refractivity contribution in [3.63, 3.8) is 0 Å². The van der Waals surface area contributed by atoms with Crippen molar-refractivity contribution in [1.29, 1.82) is 0 Å². The predicted octanol–water partition coefficient (Wildman–Crippen LogP) is 4.09. The summed E-state index contributed by atoms with van der Waals surface area (Å²) in [5.74, 6) is 0.641. The Labute approximate surface area is 156 Å².